The van der Waals surface area contributed by atoms with Crippen molar-refractivity contribution in [3.8, 4) is 0 Å². The summed E-state index contributed by atoms with van der Waals surface area (Å²) in [6.45, 7) is 4.49. The molecule has 2 aromatic rings. The van der Waals surface area contributed by atoms with Crippen LogP contribution in [0.1, 0.15) is 36.1 Å². The molecular weight excluding hydrogens is 328 g/mol. The molecule has 0 saturated carbocycles. The first-order valence-corrected chi connectivity index (χ1v) is 9.11. The van der Waals surface area contributed by atoms with Crippen molar-refractivity contribution in [3.05, 3.63) is 69.2 Å². The molecule has 0 amide bonds. The third-order valence-corrected chi connectivity index (χ3v) is 5.34. The standard InChI is InChI=1S/C18H21BrS/c1-3-15-10-11-18(19)16(4-2)17(15)13-20-12-14-8-6-5-7-9-14/h5-11H,3-4,12-13H2,1-2H3. The highest BCUT2D eigenvalue weighted by Crippen LogP contribution is 2.29. The fourth-order valence-corrected chi connectivity index (χ4v) is 4.20. The second kappa shape index (κ2) is 7.90. The van der Waals surface area contributed by atoms with Crippen molar-refractivity contribution in [1.29, 1.82) is 0 Å². The van der Waals surface area contributed by atoms with Crippen LogP contribution in [0.2, 0.25) is 0 Å². The van der Waals surface area contributed by atoms with Crippen molar-refractivity contribution in [2.75, 3.05) is 0 Å². The summed E-state index contributed by atoms with van der Waals surface area (Å²) in [7, 11) is 0. The number of rotatable bonds is 6. The van der Waals surface area contributed by atoms with Crippen LogP contribution in [-0.2, 0) is 24.3 Å². The van der Waals surface area contributed by atoms with Gasteiger partial charge in [0.2, 0.25) is 0 Å². The van der Waals surface area contributed by atoms with Gasteiger partial charge in [0.05, 0.1) is 0 Å². The second-order valence-corrected chi connectivity index (χ2v) is 6.69. The molecule has 0 unspecified atom stereocenters. The Morgan fingerprint density at radius 1 is 0.850 bits per heavy atom. The molecule has 0 heterocycles. The molecular formula is C18H21BrS. The van der Waals surface area contributed by atoms with E-state index in [1.54, 1.807) is 0 Å². The van der Waals surface area contributed by atoms with E-state index in [1.807, 2.05) is 11.8 Å². The fourth-order valence-electron chi connectivity index (χ4n) is 2.45. The lowest BCUT2D eigenvalue weighted by molar-refractivity contribution is 1.03. The van der Waals surface area contributed by atoms with Crippen LogP contribution in [0.5, 0.6) is 0 Å². The van der Waals surface area contributed by atoms with Gasteiger partial charge >= 0.3 is 0 Å². The van der Waals surface area contributed by atoms with E-state index >= 15 is 0 Å². The van der Waals surface area contributed by atoms with Gasteiger partial charge in [0.15, 0.2) is 0 Å². The van der Waals surface area contributed by atoms with Gasteiger partial charge in [0.25, 0.3) is 0 Å². The molecule has 0 N–H and O–H groups in total. The molecule has 0 aliphatic rings. The average molecular weight is 349 g/mol. The molecule has 0 nitrogen and oxygen atoms in total. The van der Waals surface area contributed by atoms with E-state index in [9.17, 15) is 0 Å². The van der Waals surface area contributed by atoms with Gasteiger partial charge in [-0.25, -0.2) is 0 Å². The molecule has 0 bridgehead atoms. The summed E-state index contributed by atoms with van der Waals surface area (Å²) in [6.07, 6.45) is 2.21. The molecule has 0 aromatic heterocycles. The topological polar surface area (TPSA) is 0 Å². The van der Waals surface area contributed by atoms with Gasteiger partial charge in [-0.3, -0.25) is 0 Å². The quantitative estimate of drug-likeness (QED) is 0.616. The summed E-state index contributed by atoms with van der Waals surface area (Å²) >= 11 is 5.70. The van der Waals surface area contributed by atoms with Gasteiger partial charge in [-0.15, -0.1) is 0 Å². The normalized spacial score (nSPS) is 10.8. The van der Waals surface area contributed by atoms with Crippen LogP contribution in [0.15, 0.2) is 46.9 Å². The van der Waals surface area contributed by atoms with Crippen LogP contribution in [-0.4, -0.2) is 0 Å². The zero-order valence-electron chi connectivity index (χ0n) is 12.2. The third-order valence-electron chi connectivity index (χ3n) is 3.56. The Kier molecular flexibility index (Phi) is 6.18. The number of hydrogen-bond donors (Lipinski definition) is 0. The van der Waals surface area contributed by atoms with Gasteiger partial charge in [0, 0.05) is 16.0 Å². The maximum Gasteiger partial charge on any atom is 0.0210 e. The number of aryl methyl sites for hydroxylation is 1. The Hall–Kier alpha value is -0.730. The minimum absolute atomic E-state index is 1.08. The van der Waals surface area contributed by atoms with Gasteiger partial charge in [-0.2, -0.15) is 11.8 Å². The molecule has 0 aliphatic carbocycles. The Labute approximate surface area is 135 Å². The first kappa shape index (κ1) is 15.7. The lowest BCUT2D eigenvalue weighted by atomic mass is 9.99. The van der Waals surface area contributed by atoms with Crippen molar-refractivity contribution in [3.63, 3.8) is 0 Å². The van der Waals surface area contributed by atoms with Crippen LogP contribution < -0.4 is 0 Å². The third kappa shape index (κ3) is 3.89. The molecule has 0 spiro atoms. The van der Waals surface area contributed by atoms with E-state index in [2.05, 4.69) is 72.2 Å². The molecule has 2 heteroatoms. The van der Waals surface area contributed by atoms with Crippen molar-refractivity contribution in [2.45, 2.75) is 38.2 Å². The van der Waals surface area contributed by atoms with E-state index in [4.69, 9.17) is 0 Å². The molecule has 2 aromatic carbocycles. The Balaban J connectivity index is 2.10. The van der Waals surface area contributed by atoms with Gasteiger partial charge in [-0.05, 0) is 41.2 Å². The molecule has 20 heavy (non-hydrogen) atoms. The van der Waals surface area contributed by atoms with Crippen LogP contribution >= 0.6 is 27.7 Å². The SMILES string of the molecule is CCc1ccc(Br)c(CC)c1CSCc1ccccc1. The van der Waals surface area contributed by atoms with Crippen LogP contribution in [0, 0.1) is 0 Å². The van der Waals surface area contributed by atoms with E-state index in [1.165, 1.54) is 26.7 Å². The fraction of sp³-hybridized carbons (Fsp3) is 0.333. The maximum absolute atomic E-state index is 3.70. The largest absolute Gasteiger partial charge is 0.152 e. The molecule has 0 atom stereocenters. The summed E-state index contributed by atoms with van der Waals surface area (Å²) in [5, 5.41) is 0. The zero-order chi connectivity index (χ0) is 14.4. The summed E-state index contributed by atoms with van der Waals surface area (Å²) in [5.41, 5.74) is 5.91. The van der Waals surface area contributed by atoms with Crippen LogP contribution in [0.25, 0.3) is 0 Å². The molecule has 2 rings (SSSR count). The average Bonchev–Trinajstić information content (AvgIpc) is 2.49. The van der Waals surface area contributed by atoms with Crippen molar-refractivity contribution < 1.29 is 0 Å². The van der Waals surface area contributed by atoms with E-state index in [-0.39, 0.29) is 0 Å². The molecule has 0 aliphatic heterocycles. The summed E-state index contributed by atoms with van der Waals surface area (Å²) in [4.78, 5) is 0. The predicted octanol–water partition coefficient (Wildman–Crippen LogP) is 6.01. The van der Waals surface area contributed by atoms with E-state index in [0.717, 1.165) is 24.3 Å². The molecule has 0 radical (unpaired) electrons. The smallest absolute Gasteiger partial charge is 0.0210 e. The Bertz CT molecular complexity index is 549. The minimum atomic E-state index is 1.08. The minimum Gasteiger partial charge on any atom is -0.152 e. The lowest BCUT2D eigenvalue weighted by Crippen LogP contribution is -1.99. The summed E-state index contributed by atoms with van der Waals surface area (Å²) in [5.74, 6) is 2.18. The maximum atomic E-state index is 3.70. The summed E-state index contributed by atoms with van der Waals surface area (Å²) < 4.78 is 1.26. The first-order chi connectivity index (χ1) is 9.76. The Morgan fingerprint density at radius 2 is 1.60 bits per heavy atom. The van der Waals surface area contributed by atoms with E-state index < -0.39 is 0 Å². The number of thioether (sulfide) groups is 1. The molecule has 106 valence electrons. The number of hydrogen-bond acceptors (Lipinski definition) is 1. The van der Waals surface area contributed by atoms with Crippen LogP contribution in [0.4, 0.5) is 0 Å². The van der Waals surface area contributed by atoms with Gasteiger partial charge in [-0.1, -0.05) is 66.2 Å². The second-order valence-electron chi connectivity index (χ2n) is 4.85. The van der Waals surface area contributed by atoms with Gasteiger partial charge in [0.1, 0.15) is 0 Å². The zero-order valence-corrected chi connectivity index (χ0v) is 14.6. The molecule has 0 fully saturated rings. The number of benzene rings is 2. The van der Waals surface area contributed by atoms with Crippen molar-refractivity contribution >= 4 is 27.7 Å². The number of halogens is 1. The highest BCUT2D eigenvalue weighted by molar-refractivity contribution is 9.10. The van der Waals surface area contributed by atoms with E-state index in [0.29, 0.717) is 0 Å². The van der Waals surface area contributed by atoms with Crippen molar-refractivity contribution in [2.24, 2.45) is 0 Å². The van der Waals surface area contributed by atoms with Gasteiger partial charge < -0.3 is 0 Å². The predicted molar refractivity (Wildman–Crippen MR) is 94.3 cm³/mol. The summed E-state index contributed by atoms with van der Waals surface area (Å²) in [6, 6.07) is 15.2. The lowest BCUT2D eigenvalue weighted by Gasteiger charge is -2.15. The van der Waals surface area contributed by atoms with Crippen molar-refractivity contribution in [1.82, 2.24) is 0 Å². The highest BCUT2D eigenvalue weighted by Gasteiger charge is 2.10. The highest BCUT2D eigenvalue weighted by atomic mass is 79.9. The monoisotopic (exact) mass is 348 g/mol. The molecule has 0 saturated heterocycles. The Morgan fingerprint density at radius 3 is 2.25 bits per heavy atom. The first-order valence-electron chi connectivity index (χ1n) is 7.17. The van der Waals surface area contributed by atoms with Crippen LogP contribution in [0.3, 0.4) is 0 Å².